The summed E-state index contributed by atoms with van der Waals surface area (Å²) in [6, 6.07) is 3.42. The number of rotatable bonds is 3. The SMILES string of the molecule is COC(=O)[C@H](c1c[nH]c2ccc([N+](=O)[O-])cc12)C(F)(F)F. The molecule has 9 heteroatoms. The fourth-order valence-electron chi connectivity index (χ4n) is 2.04. The van der Waals surface area contributed by atoms with Crippen LogP contribution in [0.15, 0.2) is 24.4 Å². The van der Waals surface area contributed by atoms with Gasteiger partial charge in [-0.1, -0.05) is 0 Å². The highest BCUT2D eigenvalue weighted by atomic mass is 19.4. The Labute approximate surface area is 115 Å². The van der Waals surface area contributed by atoms with Crippen molar-refractivity contribution in [2.24, 2.45) is 0 Å². The lowest BCUT2D eigenvalue weighted by molar-refractivity contribution is -0.384. The monoisotopic (exact) mass is 302 g/mol. The molecule has 1 atom stereocenters. The molecule has 0 saturated heterocycles. The molecular weight excluding hydrogens is 293 g/mol. The summed E-state index contributed by atoms with van der Waals surface area (Å²) in [5.74, 6) is -3.98. The number of hydrogen-bond acceptors (Lipinski definition) is 4. The number of nitrogens with zero attached hydrogens (tertiary/aromatic N) is 1. The highest BCUT2D eigenvalue weighted by Crippen LogP contribution is 2.39. The molecule has 0 unspecified atom stereocenters. The zero-order valence-electron chi connectivity index (χ0n) is 10.6. The summed E-state index contributed by atoms with van der Waals surface area (Å²) in [5, 5.41) is 10.7. The van der Waals surface area contributed by atoms with E-state index >= 15 is 0 Å². The number of non-ortho nitro benzene ring substituents is 1. The van der Waals surface area contributed by atoms with Crippen molar-refractivity contribution in [1.82, 2.24) is 4.98 Å². The molecule has 0 aliphatic rings. The molecule has 112 valence electrons. The van der Waals surface area contributed by atoms with Crippen LogP contribution in [0.4, 0.5) is 18.9 Å². The molecule has 0 aliphatic heterocycles. The van der Waals surface area contributed by atoms with Gasteiger partial charge < -0.3 is 9.72 Å². The minimum Gasteiger partial charge on any atom is -0.468 e. The van der Waals surface area contributed by atoms with Gasteiger partial charge in [-0.3, -0.25) is 14.9 Å². The van der Waals surface area contributed by atoms with E-state index in [0.717, 1.165) is 25.4 Å². The number of benzene rings is 1. The molecule has 1 aromatic carbocycles. The molecule has 0 fully saturated rings. The molecular formula is C12H9F3N2O4. The number of carbonyl (C=O) groups is 1. The molecule has 2 aromatic rings. The fourth-order valence-corrected chi connectivity index (χ4v) is 2.04. The van der Waals surface area contributed by atoms with Crippen LogP contribution >= 0.6 is 0 Å². The molecule has 6 nitrogen and oxygen atoms in total. The Morgan fingerprint density at radius 3 is 2.62 bits per heavy atom. The van der Waals surface area contributed by atoms with E-state index in [2.05, 4.69) is 9.72 Å². The lowest BCUT2D eigenvalue weighted by Gasteiger charge is -2.17. The van der Waals surface area contributed by atoms with Crippen LogP contribution < -0.4 is 0 Å². The van der Waals surface area contributed by atoms with Crippen molar-refractivity contribution in [2.45, 2.75) is 12.1 Å². The van der Waals surface area contributed by atoms with Gasteiger partial charge in [-0.2, -0.15) is 13.2 Å². The van der Waals surface area contributed by atoms with Gasteiger partial charge in [0.05, 0.1) is 12.0 Å². The first-order valence-electron chi connectivity index (χ1n) is 5.65. The predicted molar refractivity (Wildman–Crippen MR) is 65.8 cm³/mol. The molecule has 0 saturated carbocycles. The second-order valence-corrected chi connectivity index (χ2v) is 4.23. The zero-order valence-corrected chi connectivity index (χ0v) is 10.6. The zero-order chi connectivity index (χ0) is 15.8. The topological polar surface area (TPSA) is 85.2 Å². The number of carbonyl (C=O) groups excluding carboxylic acids is 1. The van der Waals surface area contributed by atoms with Crippen LogP contribution in [0, 0.1) is 10.1 Å². The largest absolute Gasteiger partial charge is 0.468 e. The standard InChI is InChI=1S/C12H9F3N2O4/c1-21-11(18)10(12(13,14)15)8-5-16-9-3-2-6(17(19)20)4-7(8)9/h2-5,10,16H,1H3/t10-/m0/s1. The third-order valence-corrected chi connectivity index (χ3v) is 2.98. The Balaban J connectivity index is 2.65. The van der Waals surface area contributed by atoms with Crippen molar-refractivity contribution in [3.63, 3.8) is 0 Å². The molecule has 2 rings (SSSR count). The van der Waals surface area contributed by atoms with E-state index in [-0.39, 0.29) is 16.6 Å². The van der Waals surface area contributed by atoms with Crippen LogP contribution in [0.25, 0.3) is 10.9 Å². The van der Waals surface area contributed by atoms with E-state index in [0.29, 0.717) is 0 Å². The highest BCUT2D eigenvalue weighted by molar-refractivity contribution is 5.91. The second kappa shape index (κ2) is 5.08. The van der Waals surface area contributed by atoms with Crippen molar-refractivity contribution >= 4 is 22.6 Å². The number of ether oxygens (including phenoxy) is 1. The van der Waals surface area contributed by atoms with E-state index in [9.17, 15) is 28.1 Å². The summed E-state index contributed by atoms with van der Waals surface area (Å²) >= 11 is 0. The Morgan fingerprint density at radius 2 is 2.10 bits per heavy atom. The molecule has 0 radical (unpaired) electrons. The smallest absolute Gasteiger partial charge is 0.406 e. The van der Waals surface area contributed by atoms with Gasteiger partial charge in [0.1, 0.15) is 0 Å². The highest BCUT2D eigenvalue weighted by Gasteiger charge is 2.48. The number of aromatic amines is 1. The van der Waals surface area contributed by atoms with Crippen LogP contribution in [0.5, 0.6) is 0 Å². The minimum absolute atomic E-state index is 0.0445. The van der Waals surface area contributed by atoms with Gasteiger partial charge in [0, 0.05) is 34.8 Å². The number of methoxy groups -OCH3 is 1. The summed E-state index contributed by atoms with van der Waals surface area (Å²) in [4.78, 5) is 24.0. The molecule has 1 N–H and O–H groups in total. The minimum atomic E-state index is -4.87. The van der Waals surface area contributed by atoms with E-state index in [4.69, 9.17) is 0 Å². The Kier molecular flexibility index (Phi) is 3.58. The number of nitrogens with one attached hydrogen (secondary N) is 1. The summed E-state index contributed by atoms with van der Waals surface area (Å²) < 4.78 is 43.4. The van der Waals surface area contributed by atoms with Crippen LogP contribution in [0.2, 0.25) is 0 Å². The molecule has 0 amide bonds. The number of halogens is 3. The number of esters is 1. The van der Waals surface area contributed by atoms with Gasteiger partial charge in [0.2, 0.25) is 0 Å². The first-order chi connectivity index (χ1) is 9.75. The van der Waals surface area contributed by atoms with Gasteiger partial charge in [0.25, 0.3) is 5.69 Å². The molecule has 0 spiro atoms. The number of fused-ring (bicyclic) bond motifs is 1. The van der Waals surface area contributed by atoms with Gasteiger partial charge in [0.15, 0.2) is 5.92 Å². The number of nitro groups is 1. The molecule has 1 aromatic heterocycles. The summed E-state index contributed by atoms with van der Waals surface area (Å²) in [7, 11) is 0.846. The van der Waals surface area contributed by atoms with E-state index in [1.807, 2.05) is 0 Å². The maximum absolute atomic E-state index is 13.1. The van der Waals surface area contributed by atoms with Crippen LogP contribution in [-0.4, -0.2) is 29.2 Å². The molecule has 0 aliphatic carbocycles. The van der Waals surface area contributed by atoms with Gasteiger partial charge in [-0.25, -0.2) is 0 Å². The third kappa shape index (κ3) is 2.67. The average Bonchev–Trinajstić information content (AvgIpc) is 2.80. The average molecular weight is 302 g/mol. The number of nitro benzene ring substituents is 1. The summed E-state index contributed by atoms with van der Waals surface area (Å²) in [6.45, 7) is 0. The van der Waals surface area contributed by atoms with Gasteiger partial charge >= 0.3 is 12.1 Å². The number of hydrogen-bond donors (Lipinski definition) is 1. The van der Waals surface area contributed by atoms with E-state index in [1.54, 1.807) is 0 Å². The fraction of sp³-hybridized carbons (Fsp3) is 0.250. The normalized spacial score (nSPS) is 13.1. The summed E-state index contributed by atoms with van der Waals surface area (Å²) in [6.07, 6.45) is -3.86. The van der Waals surface area contributed by atoms with Crippen LogP contribution in [0.3, 0.4) is 0 Å². The number of aromatic nitrogens is 1. The first kappa shape index (κ1) is 14.8. The van der Waals surface area contributed by atoms with Gasteiger partial charge in [-0.05, 0) is 6.07 Å². The third-order valence-electron chi connectivity index (χ3n) is 2.98. The summed E-state index contributed by atoms with van der Waals surface area (Å²) in [5.41, 5.74) is -0.518. The van der Waals surface area contributed by atoms with Crippen molar-refractivity contribution in [3.8, 4) is 0 Å². The second-order valence-electron chi connectivity index (χ2n) is 4.23. The van der Waals surface area contributed by atoms with Crippen molar-refractivity contribution in [2.75, 3.05) is 7.11 Å². The van der Waals surface area contributed by atoms with Crippen molar-refractivity contribution in [1.29, 1.82) is 0 Å². The quantitative estimate of drug-likeness (QED) is 0.536. The van der Waals surface area contributed by atoms with Crippen LogP contribution in [-0.2, 0) is 9.53 Å². The number of alkyl halides is 3. The first-order valence-corrected chi connectivity index (χ1v) is 5.65. The maximum atomic E-state index is 13.1. The Hall–Kier alpha value is -2.58. The Morgan fingerprint density at radius 1 is 1.43 bits per heavy atom. The molecule has 0 bridgehead atoms. The lowest BCUT2D eigenvalue weighted by Crippen LogP contribution is -2.29. The molecule has 21 heavy (non-hydrogen) atoms. The molecule has 1 heterocycles. The Bertz CT molecular complexity index is 708. The van der Waals surface area contributed by atoms with E-state index < -0.39 is 28.6 Å². The van der Waals surface area contributed by atoms with Gasteiger partial charge in [-0.15, -0.1) is 0 Å². The number of H-pyrrole nitrogens is 1. The van der Waals surface area contributed by atoms with Crippen LogP contribution in [0.1, 0.15) is 11.5 Å². The maximum Gasteiger partial charge on any atom is 0.406 e. The lowest BCUT2D eigenvalue weighted by atomic mass is 9.98. The van der Waals surface area contributed by atoms with E-state index in [1.165, 1.54) is 6.07 Å². The van der Waals surface area contributed by atoms with Crippen molar-refractivity contribution < 1.29 is 27.6 Å². The van der Waals surface area contributed by atoms with Crippen molar-refractivity contribution in [3.05, 3.63) is 40.1 Å². The predicted octanol–water partition coefficient (Wildman–Crippen LogP) is 2.90.